The van der Waals surface area contributed by atoms with Crippen LogP contribution in [0.15, 0.2) is 24.3 Å². The van der Waals surface area contributed by atoms with Gasteiger partial charge in [-0.2, -0.15) is 13.2 Å². The van der Waals surface area contributed by atoms with Crippen molar-refractivity contribution in [1.29, 1.82) is 0 Å². The Hall–Kier alpha value is -1.56. The van der Waals surface area contributed by atoms with Crippen LogP contribution in [0.25, 0.3) is 0 Å². The Morgan fingerprint density at radius 1 is 1.25 bits per heavy atom. The maximum Gasteiger partial charge on any atom is 0.416 e. The number of alkyl halides is 3. The Labute approximate surface area is 115 Å². The van der Waals surface area contributed by atoms with Crippen molar-refractivity contribution < 1.29 is 23.1 Å². The summed E-state index contributed by atoms with van der Waals surface area (Å²) in [5.41, 5.74) is -0.430. The van der Waals surface area contributed by atoms with Crippen molar-refractivity contribution in [3.63, 3.8) is 0 Å². The van der Waals surface area contributed by atoms with Crippen LogP contribution in [0.3, 0.4) is 0 Å². The molecule has 20 heavy (non-hydrogen) atoms. The molecule has 3 nitrogen and oxygen atoms in total. The Balaban J connectivity index is 2.56. The molecule has 0 aliphatic heterocycles. The van der Waals surface area contributed by atoms with Crippen molar-refractivity contribution >= 4 is 5.91 Å². The largest absolute Gasteiger partial charge is 0.416 e. The molecule has 1 unspecified atom stereocenters. The minimum absolute atomic E-state index is 0.0169. The smallest absolute Gasteiger partial charge is 0.387 e. The lowest BCUT2D eigenvalue weighted by atomic mass is 10.1. The van der Waals surface area contributed by atoms with Crippen LogP contribution < -0.4 is 5.32 Å². The van der Waals surface area contributed by atoms with E-state index in [0.29, 0.717) is 12.0 Å². The third-order valence-corrected chi connectivity index (χ3v) is 2.71. The molecule has 0 saturated carbocycles. The van der Waals surface area contributed by atoms with Gasteiger partial charge in [-0.1, -0.05) is 26.0 Å². The number of amides is 1. The van der Waals surface area contributed by atoms with Crippen LogP contribution in [0.2, 0.25) is 0 Å². The van der Waals surface area contributed by atoms with Gasteiger partial charge in [0.1, 0.15) is 0 Å². The number of carbonyl (C=O) groups excluding carboxylic acids is 1. The molecule has 6 heteroatoms. The molecule has 0 saturated heterocycles. The molecule has 0 aliphatic carbocycles. The molecular weight excluding hydrogens is 271 g/mol. The summed E-state index contributed by atoms with van der Waals surface area (Å²) in [4.78, 5) is 11.4. The standard InChI is InChI=1S/C14H18F3NO2/c1-9(2)7-13(20)18-8-12(19)10-3-5-11(6-4-10)14(15,16)17/h3-6,9,12,19H,7-8H2,1-2H3,(H,18,20). The Morgan fingerprint density at radius 3 is 2.25 bits per heavy atom. The van der Waals surface area contributed by atoms with Gasteiger partial charge in [-0.05, 0) is 23.6 Å². The molecule has 112 valence electrons. The van der Waals surface area contributed by atoms with Gasteiger partial charge in [0, 0.05) is 13.0 Å². The van der Waals surface area contributed by atoms with Crippen LogP contribution in [0, 0.1) is 5.92 Å². The molecule has 1 amide bonds. The molecule has 0 bridgehead atoms. The van der Waals surface area contributed by atoms with Crippen LogP contribution in [-0.2, 0) is 11.0 Å². The molecule has 1 aromatic rings. The summed E-state index contributed by atoms with van der Waals surface area (Å²) in [6, 6.07) is 4.24. The van der Waals surface area contributed by atoms with Crippen molar-refractivity contribution in [2.75, 3.05) is 6.54 Å². The van der Waals surface area contributed by atoms with Gasteiger partial charge in [0.05, 0.1) is 11.7 Å². The van der Waals surface area contributed by atoms with E-state index in [1.165, 1.54) is 12.1 Å². The minimum Gasteiger partial charge on any atom is -0.387 e. The molecule has 1 rings (SSSR count). The number of aliphatic hydroxyl groups excluding tert-OH is 1. The second-order valence-electron chi connectivity index (χ2n) is 5.04. The molecule has 0 fully saturated rings. The van der Waals surface area contributed by atoms with Gasteiger partial charge in [-0.3, -0.25) is 4.79 Å². The Bertz CT molecular complexity index is 441. The summed E-state index contributed by atoms with van der Waals surface area (Å²) < 4.78 is 37.1. The molecule has 2 N–H and O–H groups in total. The van der Waals surface area contributed by atoms with Gasteiger partial charge >= 0.3 is 6.18 Å². The third kappa shape index (κ3) is 5.21. The highest BCUT2D eigenvalue weighted by atomic mass is 19.4. The molecule has 0 heterocycles. The van der Waals surface area contributed by atoms with Gasteiger partial charge in [-0.15, -0.1) is 0 Å². The van der Waals surface area contributed by atoms with E-state index < -0.39 is 17.8 Å². The van der Waals surface area contributed by atoms with E-state index in [0.717, 1.165) is 12.1 Å². The molecule has 0 radical (unpaired) electrons. The predicted molar refractivity (Wildman–Crippen MR) is 68.9 cm³/mol. The molecule has 0 aromatic heterocycles. The van der Waals surface area contributed by atoms with Crippen molar-refractivity contribution in [1.82, 2.24) is 5.32 Å². The van der Waals surface area contributed by atoms with Gasteiger partial charge < -0.3 is 10.4 Å². The number of hydrogen-bond acceptors (Lipinski definition) is 2. The molecular formula is C14H18F3NO2. The van der Waals surface area contributed by atoms with Crippen LogP contribution in [0.1, 0.15) is 37.5 Å². The second kappa shape index (κ2) is 6.74. The van der Waals surface area contributed by atoms with Gasteiger partial charge in [-0.25, -0.2) is 0 Å². The maximum absolute atomic E-state index is 12.4. The lowest BCUT2D eigenvalue weighted by molar-refractivity contribution is -0.137. The first-order valence-corrected chi connectivity index (χ1v) is 6.32. The van der Waals surface area contributed by atoms with Crippen molar-refractivity contribution in [2.24, 2.45) is 5.92 Å². The van der Waals surface area contributed by atoms with Crippen molar-refractivity contribution in [3.8, 4) is 0 Å². The minimum atomic E-state index is -4.39. The fourth-order valence-corrected chi connectivity index (χ4v) is 1.67. The molecule has 1 atom stereocenters. The number of benzene rings is 1. The SMILES string of the molecule is CC(C)CC(=O)NCC(O)c1ccc(C(F)(F)F)cc1. The topological polar surface area (TPSA) is 49.3 Å². The number of rotatable bonds is 5. The predicted octanol–water partition coefficient (Wildman–Crippen LogP) is 2.90. The Morgan fingerprint density at radius 2 is 1.80 bits per heavy atom. The second-order valence-corrected chi connectivity index (χ2v) is 5.04. The first kappa shape index (κ1) is 16.5. The Kier molecular flexibility index (Phi) is 5.56. The van der Waals surface area contributed by atoms with Crippen molar-refractivity contribution in [3.05, 3.63) is 35.4 Å². The summed E-state index contributed by atoms with van der Waals surface area (Å²) in [6.07, 6.45) is -5.07. The van der Waals surface area contributed by atoms with Gasteiger partial charge in [0.2, 0.25) is 5.91 Å². The summed E-state index contributed by atoms with van der Waals surface area (Å²) in [6.45, 7) is 3.77. The summed E-state index contributed by atoms with van der Waals surface area (Å²) in [5, 5.41) is 12.3. The summed E-state index contributed by atoms with van der Waals surface area (Å²) in [7, 11) is 0. The maximum atomic E-state index is 12.4. The summed E-state index contributed by atoms with van der Waals surface area (Å²) >= 11 is 0. The molecule has 0 spiro atoms. The zero-order valence-electron chi connectivity index (χ0n) is 11.4. The highest BCUT2D eigenvalue weighted by Gasteiger charge is 2.30. The zero-order valence-corrected chi connectivity index (χ0v) is 11.4. The highest BCUT2D eigenvalue weighted by Crippen LogP contribution is 2.29. The highest BCUT2D eigenvalue weighted by molar-refractivity contribution is 5.76. The fraction of sp³-hybridized carbons (Fsp3) is 0.500. The summed E-state index contributed by atoms with van der Waals surface area (Å²) in [5.74, 6) is 0.0178. The average Bonchev–Trinajstić information content (AvgIpc) is 2.34. The number of aliphatic hydroxyl groups is 1. The fourth-order valence-electron chi connectivity index (χ4n) is 1.67. The van der Waals surface area contributed by atoms with Crippen LogP contribution in [-0.4, -0.2) is 17.6 Å². The van der Waals surface area contributed by atoms with E-state index in [1.54, 1.807) is 0 Å². The van der Waals surface area contributed by atoms with E-state index >= 15 is 0 Å². The quantitative estimate of drug-likeness (QED) is 0.875. The van der Waals surface area contributed by atoms with E-state index in [-0.39, 0.29) is 18.4 Å². The third-order valence-electron chi connectivity index (χ3n) is 2.71. The molecule has 1 aromatic carbocycles. The lowest BCUT2D eigenvalue weighted by Crippen LogP contribution is -2.29. The normalized spacial score (nSPS) is 13.3. The van der Waals surface area contributed by atoms with E-state index in [9.17, 15) is 23.1 Å². The van der Waals surface area contributed by atoms with E-state index in [1.807, 2.05) is 13.8 Å². The number of halogens is 3. The van der Waals surface area contributed by atoms with Crippen molar-refractivity contribution in [2.45, 2.75) is 32.5 Å². The molecule has 0 aliphatic rings. The van der Waals surface area contributed by atoms with Gasteiger partial charge in [0.25, 0.3) is 0 Å². The first-order chi connectivity index (χ1) is 9.20. The zero-order chi connectivity index (χ0) is 15.3. The van der Waals surface area contributed by atoms with Crippen LogP contribution >= 0.6 is 0 Å². The monoisotopic (exact) mass is 289 g/mol. The number of carbonyl (C=O) groups is 1. The van der Waals surface area contributed by atoms with Crippen LogP contribution in [0.4, 0.5) is 13.2 Å². The van der Waals surface area contributed by atoms with E-state index in [4.69, 9.17) is 0 Å². The number of nitrogens with one attached hydrogen (secondary N) is 1. The number of hydrogen-bond donors (Lipinski definition) is 2. The van der Waals surface area contributed by atoms with Crippen LogP contribution in [0.5, 0.6) is 0 Å². The van der Waals surface area contributed by atoms with Gasteiger partial charge in [0.15, 0.2) is 0 Å². The average molecular weight is 289 g/mol. The lowest BCUT2D eigenvalue weighted by Gasteiger charge is -2.14. The first-order valence-electron chi connectivity index (χ1n) is 6.32. The van der Waals surface area contributed by atoms with E-state index in [2.05, 4.69) is 5.32 Å².